The average Bonchev–Trinajstić information content (AvgIpc) is 3.18. The molecule has 0 aliphatic carbocycles. The van der Waals surface area contributed by atoms with E-state index < -0.39 is 12.0 Å². The summed E-state index contributed by atoms with van der Waals surface area (Å²) in [5.41, 5.74) is 1.99. The number of hydrogen-bond donors (Lipinski definition) is 0. The number of hydrogen-bond acceptors (Lipinski definition) is 8. The van der Waals surface area contributed by atoms with Gasteiger partial charge in [0.25, 0.3) is 5.56 Å². The quantitative estimate of drug-likeness (QED) is 0.434. The van der Waals surface area contributed by atoms with Crippen molar-refractivity contribution < 1.29 is 23.7 Å². The SMILES string of the molecule is CCOC(=O)C1=C(C)N=c2s/c(=C\c3ccc(OCC)c(OC)c3)c(=O)n2C1c1ccccc1OC. The summed E-state index contributed by atoms with van der Waals surface area (Å²) in [7, 11) is 3.13. The van der Waals surface area contributed by atoms with Gasteiger partial charge in [0, 0.05) is 5.56 Å². The molecule has 0 fully saturated rings. The average molecular weight is 509 g/mol. The summed E-state index contributed by atoms with van der Waals surface area (Å²) in [5.74, 6) is 1.25. The van der Waals surface area contributed by atoms with Crippen LogP contribution in [-0.4, -0.2) is 38.0 Å². The predicted molar refractivity (Wildman–Crippen MR) is 138 cm³/mol. The van der Waals surface area contributed by atoms with Crippen molar-refractivity contribution in [1.82, 2.24) is 4.57 Å². The number of allylic oxidation sites excluding steroid dienone is 1. The van der Waals surface area contributed by atoms with Crippen LogP contribution in [0.4, 0.5) is 0 Å². The number of fused-ring (bicyclic) bond motifs is 1. The minimum Gasteiger partial charge on any atom is -0.496 e. The Morgan fingerprint density at radius 1 is 1.06 bits per heavy atom. The second-order valence-electron chi connectivity index (χ2n) is 7.89. The van der Waals surface area contributed by atoms with E-state index in [0.717, 1.165) is 5.56 Å². The number of esters is 1. The molecule has 36 heavy (non-hydrogen) atoms. The van der Waals surface area contributed by atoms with Gasteiger partial charge in [0.2, 0.25) is 0 Å². The maximum Gasteiger partial charge on any atom is 0.338 e. The van der Waals surface area contributed by atoms with E-state index in [4.69, 9.17) is 18.9 Å². The standard InChI is InChI=1S/C27H28N2O6S/c1-6-34-20-13-12-17(14-21(20)33-5)15-22-25(30)29-24(18-10-8-9-11-19(18)32-4)23(26(31)35-7-2)16(3)28-27(29)36-22/h8-15,24H,6-7H2,1-5H3/b22-15-. The number of methoxy groups -OCH3 is 2. The van der Waals surface area contributed by atoms with Crippen molar-refractivity contribution in [2.24, 2.45) is 4.99 Å². The third-order valence-electron chi connectivity index (χ3n) is 5.74. The van der Waals surface area contributed by atoms with Crippen LogP contribution in [0.5, 0.6) is 17.2 Å². The molecule has 188 valence electrons. The minimum absolute atomic E-state index is 0.207. The highest BCUT2D eigenvalue weighted by molar-refractivity contribution is 7.07. The Morgan fingerprint density at radius 2 is 1.81 bits per heavy atom. The molecule has 0 amide bonds. The molecule has 1 unspecified atom stereocenters. The van der Waals surface area contributed by atoms with Gasteiger partial charge in [-0.05, 0) is 50.6 Å². The van der Waals surface area contributed by atoms with Crippen LogP contribution in [0.2, 0.25) is 0 Å². The molecule has 0 radical (unpaired) electrons. The lowest BCUT2D eigenvalue weighted by Gasteiger charge is -2.25. The summed E-state index contributed by atoms with van der Waals surface area (Å²) < 4.78 is 24.0. The molecule has 1 aliphatic rings. The molecule has 2 aromatic carbocycles. The van der Waals surface area contributed by atoms with Crippen LogP contribution in [0.15, 0.2) is 63.5 Å². The zero-order valence-electron chi connectivity index (χ0n) is 20.9. The van der Waals surface area contributed by atoms with Gasteiger partial charge in [-0.1, -0.05) is 35.6 Å². The van der Waals surface area contributed by atoms with Gasteiger partial charge in [0.1, 0.15) is 11.8 Å². The van der Waals surface area contributed by atoms with Crippen LogP contribution in [0.1, 0.15) is 37.9 Å². The van der Waals surface area contributed by atoms with E-state index in [9.17, 15) is 9.59 Å². The summed E-state index contributed by atoms with van der Waals surface area (Å²) in [5, 5.41) is 0. The van der Waals surface area contributed by atoms with Gasteiger partial charge in [-0.2, -0.15) is 0 Å². The zero-order chi connectivity index (χ0) is 25.8. The van der Waals surface area contributed by atoms with Gasteiger partial charge in [0.15, 0.2) is 16.3 Å². The van der Waals surface area contributed by atoms with Crippen molar-refractivity contribution >= 4 is 23.4 Å². The van der Waals surface area contributed by atoms with Gasteiger partial charge in [-0.15, -0.1) is 0 Å². The van der Waals surface area contributed by atoms with Crippen LogP contribution in [0, 0.1) is 0 Å². The highest BCUT2D eigenvalue weighted by atomic mass is 32.1. The van der Waals surface area contributed by atoms with Gasteiger partial charge >= 0.3 is 5.97 Å². The molecule has 0 N–H and O–H groups in total. The second-order valence-corrected chi connectivity index (χ2v) is 8.90. The predicted octanol–water partition coefficient (Wildman–Crippen LogP) is 3.21. The smallest absolute Gasteiger partial charge is 0.338 e. The van der Waals surface area contributed by atoms with E-state index in [1.54, 1.807) is 44.8 Å². The van der Waals surface area contributed by atoms with E-state index >= 15 is 0 Å². The van der Waals surface area contributed by atoms with Crippen molar-refractivity contribution in [2.75, 3.05) is 27.4 Å². The maximum atomic E-state index is 13.8. The summed E-state index contributed by atoms with van der Waals surface area (Å²) in [6.07, 6.45) is 1.78. The molecule has 2 heterocycles. The van der Waals surface area contributed by atoms with E-state index in [1.807, 2.05) is 43.3 Å². The Kier molecular flexibility index (Phi) is 7.59. The largest absolute Gasteiger partial charge is 0.496 e. The molecule has 9 heteroatoms. The van der Waals surface area contributed by atoms with E-state index in [0.29, 0.717) is 50.0 Å². The van der Waals surface area contributed by atoms with Gasteiger partial charge in [-0.25, -0.2) is 9.79 Å². The summed E-state index contributed by atoms with van der Waals surface area (Å²) in [4.78, 5) is 31.9. The number of rotatable bonds is 8. The summed E-state index contributed by atoms with van der Waals surface area (Å²) in [6, 6.07) is 12.1. The zero-order valence-corrected chi connectivity index (χ0v) is 21.7. The fourth-order valence-electron chi connectivity index (χ4n) is 4.18. The van der Waals surface area contributed by atoms with Crippen LogP contribution in [0.3, 0.4) is 0 Å². The summed E-state index contributed by atoms with van der Waals surface area (Å²) >= 11 is 1.26. The van der Waals surface area contributed by atoms with Crippen molar-refractivity contribution in [3.8, 4) is 17.2 Å². The fourth-order valence-corrected chi connectivity index (χ4v) is 5.22. The molecule has 1 atom stereocenters. The third kappa shape index (κ3) is 4.66. The number of ether oxygens (including phenoxy) is 4. The summed E-state index contributed by atoms with van der Waals surface area (Å²) in [6.45, 7) is 6.12. The maximum absolute atomic E-state index is 13.8. The van der Waals surface area contributed by atoms with E-state index in [2.05, 4.69) is 4.99 Å². The number of carbonyl (C=O) groups is 1. The van der Waals surface area contributed by atoms with Crippen LogP contribution in [-0.2, 0) is 9.53 Å². The monoisotopic (exact) mass is 508 g/mol. The fraction of sp³-hybridized carbons (Fsp3) is 0.296. The molecule has 0 spiro atoms. The number of thiazole rings is 1. The van der Waals surface area contributed by atoms with Crippen molar-refractivity contribution in [1.29, 1.82) is 0 Å². The first-order valence-electron chi connectivity index (χ1n) is 11.6. The number of benzene rings is 2. The number of para-hydroxylation sites is 1. The molecule has 0 saturated carbocycles. The highest BCUT2D eigenvalue weighted by Crippen LogP contribution is 2.35. The molecule has 0 bridgehead atoms. The van der Waals surface area contributed by atoms with Gasteiger partial charge < -0.3 is 18.9 Å². The minimum atomic E-state index is -0.742. The van der Waals surface area contributed by atoms with Gasteiger partial charge in [-0.3, -0.25) is 9.36 Å². The van der Waals surface area contributed by atoms with E-state index in [-0.39, 0.29) is 12.2 Å². The molecule has 1 aliphatic heterocycles. The van der Waals surface area contributed by atoms with Crippen LogP contribution < -0.4 is 29.1 Å². The van der Waals surface area contributed by atoms with Crippen LogP contribution >= 0.6 is 11.3 Å². The Labute approximate surface area is 212 Å². The van der Waals surface area contributed by atoms with Crippen molar-refractivity contribution in [3.05, 3.63) is 84.5 Å². The number of carbonyl (C=O) groups excluding carboxylic acids is 1. The second kappa shape index (κ2) is 10.8. The first-order valence-corrected chi connectivity index (χ1v) is 12.4. The topological polar surface area (TPSA) is 88.4 Å². The number of aromatic nitrogens is 1. The van der Waals surface area contributed by atoms with Gasteiger partial charge in [0.05, 0.1) is 43.2 Å². The normalized spacial score (nSPS) is 15.2. The lowest BCUT2D eigenvalue weighted by atomic mass is 9.95. The van der Waals surface area contributed by atoms with Crippen molar-refractivity contribution in [2.45, 2.75) is 26.8 Å². The molecule has 4 rings (SSSR count). The first-order chi connectivity index (χ1) is 17.4. The molecule has 1 aromatic heterocycles. The lowest BCUT2D eigenvalue weighted by Crippen LogP contribution is -2.40. The molecule has 3 aromatic rings. The van der Waals surface area contributed by atoms with Crippen LogP contribution in [0.25, 0.3) is 6.08 Å². The first kappa shape index (κ1) is 25.2. The Balaban J connectivity index is 1.93. The highest BCUT2D eigenvalue weighted by Gasteiger charge is 2.34. The van der Waals surface area contributed by atoms with Crippen molar-refractivity contribution in [3.63, 3.8) is 0 Å². The molecule has 0 saturated heterocycles. The lowest BCUT2D eigenvalue weighted by molar-refractivity contribution is -0.139. The van der Waals surface area contributed by atoms with E-state index in [1.165, 1.54) is 11.3 Å². The molecule has 8 nitrogen and oxygen atoms in total. The number of nitrogens with zero attached hydrogens (tertiary/aromatic N) is 2. The third-order valence-corrected chi connectivity index (χ3v) is 6.72. The molecular weight excluding hydrogens is 480 g/mol. The Morgan fingerprint density at radius 3 is 2.50 bits per heavy atom. The Hall–Kier alpha value is -3.85. The Bertz CT molecular complexity index is 1500. The molecular formula is C27H28N2O6S.